The van der Waals surface area contributed by atoms with Gasteiger partial charge in [-0.15, -0.1) is 0 Å². The molecule has 0 radical (unpaired) electrons. The van der Waals surface area contributed by atoms with Crippen LogP contribution in [-0.4, -0.2) is 17.4 Å². The summed E-state index contributed by atoms with van der Waals surface area (Å²) in [5.41, 5.74) is 0.609. The highest BCUT2D eigenvalue weighted by atomic mass is 35.5. The molecule has 110 valence electrons. The standard InChI is InChI=1S/C15H15ClFN3O/c1-2-7-18-14-11(8-10(17)9-19-14)15(21)20-13-6-4-3-5-12(13)16/h3-6,8-9H,2,7H2,1H3,(H,18,19)(H,20,21). The SMILES string of the molecule is CCCNc1ncc(F)cc1C(=O)Nc1ccccc1Cl. The van der Waals surface area contributed by atoms with E-state index >= 15 is 0 Å². The first kappa shape index (κ1) is 15.3. The van der Waals surface area contributed by atoms with Crippen molar-refractivity contribution >= 4 is 29.0 Å². The van der Waals surface area contributed by atoms with Gasteiger partial charge in [0.15, 0.2) is 0 Å². The zero-order valence-corrected chi connectivity index (χ0v) is 12.2. The fourth-order valence-electron chi connectivity index (χ4n) is 1.75. The summed E-state index contributed by atoms with van der Waals surface area (Å²) < 4.78 is 13.4. The second kappa shape index (κ2) is 7.04. The van der Waals surface area contributed by atoms with Crippen molar-refractivity contribution in [2.75, 3.05) is 17.2 Å². The maximum atomic E-state index is 13.4. The smallest absolute Gasteiger partial charge is 0.259 e. The topological polar surface area (TPSA) is 54.0 Å². The molecule has 2 N–H and O–H groups in total. The van der Waals surface area contributed by atoms with Gasteiger partial charge >= 0.3 is 0 Å². The van der Waals surface area contributed by atoms with Crippen LogP contribution in [0.3, 0.4) is 0 Å². The van der Waals surface area contributed by atoms with Crippen molar-refractivity contribution in [3.63, 3.8) is 0 Å². The number of para-hydroxylation sites is 1. The second-order valence-electron chi connectivity index (χ2n) is 4.41. The van der Waals surface area contributed by atoms with Gasteiger partial charge in [0.1, 0.15) is 11.6 Å². The van der Waals surface area contributed by atoms with E-state index in [9.17, 15) is 9.18 Å². The number of amides is 1. The van der Waals surface area contributed by atoms with E-state index in [2.05, 4.69) is 15.6 Å². The molecule has 0 aliphatic rings. The lowest BCUT2D eigenvalue weighted by molar-refractivity contribution is 0.102. The average molecular weight is 308 g/mol. The lowest BCUT2D eigenvalue weighted by Crippen LogP contribution is -2.16. The third kappa shape index (κ3) is 3.92. The molecule has 21 heavy (non-hydrogen) atoms. The monoisotopic (exact) mass is 307 g/mol. The van der Waals surface area contributed by atoms with E-state index in [0.29, 0.717) is 23.1 Å². The van der Waals surface area contributed by atoms with Gasteiger partial charge in [-0.25, -0.2) is 9.37 Å². The summed E-state index contributed by atoms with van der Waals surface area (Å²) in [6.07, 6.45) is 1.94. The van der Waals surface area contributed by atoms with Crippen LogP contribution in [0.25, 0.3) is 0 Å². The van der Waals surface area contributed by atoms with Gasteiger partial charge in [-0.2, -0.15) is 0 Å². The second-order valence-corrected chi connectivity index (χ2v) is 4.82. The average Bonchev–Trinajstić information content (AvgIpc) is 2.48. The minimum atomic E-state index is -0.568. The molecule has 2 rings (SSSR count). The summed E-state index contributed by atoms with van der Waals surface area (Å²) in [7, 11) is 0. The summed E-state index contributed by atoms with van der Waals surface area (Å²) in [5, 5.41) is 6.07. The van der Waals surface area contributed by atoms with Crippen LogP contribution in [0, 0.1) is 5.82 Å². The summed E-state index contributed by atoms with van der Waals surface area (Å²) in [6, 6.07) is 8.00. The molecule has 0 saturated carbocycles. The maximum absolute atomic E-state index is 13.4. The Hall–Kier alpha value is -2.14. The number of benzene rings is 1. The van der Waals surface area contributed by atoms with Crippen molar-refractivity contribution in [2.45, 2.75) is 13.3 Å². The molecular formula is C15H15ClFN3O. The van der Waals surface area contributed by atoms with E-state index < -0.39 is 11.7 Å². The molecule has 1 aromatic heterocycles. The van der Waals surface area contributed by atoms with Crippen LogP contribution in [0.1, 0.15) is 23.7 Å². The Balaban J connectivity index is 2.25. The summed E-state index contributed by atoms with van der Waals surface area (Å²) >= 11 is 5.99. The van der Waals surface area contributed by atoms with Crippen LogP contribution >= 0.6 is 11.6 Å². The zero-order chi connectivity index (χ0) is 15.2. The van der Waals surface area contributed by atoms with Crippen LogP contribution in [0.5, 0.6) is 0 Å². The highest BCUT2D eigenvalue weighted by Gasteiger charge is 2.15. The number of rotatable bonds is 5. The normalized spacial score (nSPS) is 10.2. The molecule has 0 aliphatic heterocycles. The highest BCUT2D eigenvalue weighted by molar-refractivity contribution is 6.34. The first-order chi connectivity index (χ1) is 10.1. The predicted octanol–water partition coefficient (Wildman–Crippen LogP) is 3.95. The number of nitrogens with one attached hydrogen (secondary N) is 2. The third-order valence-electron chi connectivity index (χ3n) is 2.76. The van der Waals surface area contributed by atoms with Gasteiger partial charge in [0.05, 0.1) is 22.5 Å². The lowest BCUT2D eigenvalue weighted by Gasteiger charge is -2.11. The van der Waals surface area contributed by atoms with E-state index in [-0.39, 0.29) is 5.56 Å². The molecule has 1 aromatic carbocycles. The van der Waals surface area contributed by atoms with Crippen LogP contribution in [-0.2, 0) is 0 Å². The molecule has 0 spiro atoms. The van der Waals surface area contributed by atoms with Crippen molar-refractivity contribution in [2.24, 2.45) is 0 Å². The number of hydrogen-bond donors (Lipinski definition) is 2. The molecular weight excluding hydrogens is 293 g/mol. The lowest BCUT2D eigenvalue weighted by atomic mass is 10.2. The molecule has 4 nitrogen and oxygen atoms in total. The Kier molecular flexibility index (Phi) is 5.11. The van der Waals surface area contributed by atoms with Gasteiger partial charge in [0.25, 0.3) is 5.91 Å². The van der Waals surface area contributed by atoms with Crippen LogP contribution < -0.4 is 10.6 Å². The fourth-order valence-corrected chi connectivity index (χ4v) is 1.93. The largest absolute Gasteiger partial charge is 0.369 e. The molecule has 0 unspecified atom stereocenters. The Labute approximate surface area is 127 Å². The highest BCUT2D eigenvalue weighted by Crippen LogP contribution is 2.22. The van der Waals surface area contributed by atoms with Gasteiger partial charge in [0.2, 0.25) is 0 Å². The number of anilines is 2. The number of hydrogen-bond acceptors (Lipinski definition) is 3. The van der Waals surface area contributed by atoms with Gasteiger partial charge in [-0.1, -0.05) is 30.7 Å². The maximum Gasteiger partial charge on any atom is 0.259 e. The van der Waals surface area contributed by atoms with Crippen LogP contribution in [0.2, 0.25) is 5.02 Å². The Bertz CT molecular complexity index is 649. The zero-order valence-electron chi connectivity index (χ0n) is 11.5. The third-order valence-corrected chi connectivity index (χ3v) is 3.09. The van der Waals surface area contributed by atoms with Crippen molar-refractivity contribution in [1.29, 1.82) is 0 Å². The number of halogens is 2. The number of aromatic nitrogens is 1. The van der Waals surface area contributed by atoms with E-state index in [1.165, 1.54) is 0 Å². The molecule has 0 fully saturated rings. The summed E-state index contributed by atoms with van der Waals surface area (Å²) in [5.74, 6) is -0.683. The van der Waals surface area contributed by atoms with E-state index in [1.807, 2.05) is 6.92 Å². The van der Waals surface area contributed by atoms with Crippen molar-refractivity contribution in [3.8, 4) is 0 Å². The molecule has 1 amide bonds. The molecule has 0 saturated heterocycles. The number of carbonyl (C=O) groups is 1. The van der Waals surface area contributed by atoms with E-state index in [4.69, 9.17) is 11.6 Å². The van der Waals surface area contributed by atoms with Gasteiger partial charge in [-0.3, -0.25) is 4.79 Å². The molecule has 0 aliphatic carbocycles. The van der Waals surface area contributed by atoms with Crippen molar-refractivity contribution in [3.05, 3.63) is 52.9 Å². The summed E-state index contributed by atoms with van der Waals surface area (Å²) in [6.45, 7) is 2.63. The Morgan fingerprint density at radius 3 is 2.86 bits per heavy atom. The Morgan fingerprint density at radius 1 is 1.38 bits per heavy atom. The van der Waals surface area contributed by atoms with Crippen LogP contribution in [0.15, 0.2) is 36.5 Å². The van der Waals surface area contributed by atoms with Gasteiger partial charge < -0.3 is 10.6 Å². The van der Waals surface area contributed by atoms with Crippen LogP contribution in [0.4, 0.5) is 15.9 Å². The number of carbonyl (C=O) groups excluding carboxylic acids is 1. The molecule has 2 aromatic rings. The predicted molar refractivity (Wildman–Crippen MR) is 82.4 cm³/mol. The van der Waals surface area contributed by atoms with Crippen molar-refractivity contribution in [1.82, 2.24) is 4.98 Å². The molecule has 0 atom stereocenters. The first-order valence-electron chi connectivity index (χ1n) is 6.57. The summed E-state index contributed by atoms with van der Waals surface area (Å²) in [4.78, 5) is 16.2. The minimum absolute atomic E-state index is 0.142. The minimum Gasteiger partial charge on any atom is -0.369 e. The molecule has 0 bridgehead atoms. The molecule has 1 heterocycles. The van der Waals surface area contributed by atoms with Gasteiger partial charge in [-0.05, 0) is 24.6 Å². The van der Waals surface area contributed by atoms with E-state index in [1.54, 1.807) is 24.3 Å². The number of nitrogens with zero attached hydrogens (tertiary/aromatic N) is 1. The Morgan fingerprint density at radius 2 is 2.14 bits per heavy atom. The fraction of sp³-hybridized carbons (Fsp3) is 0.200. The first-order valence-corrected chi connectivity index (χ1v) is 6.95. The quantitative estimate of drug-likeness (QED) is 0.879. The van der Waals surface area contributed by atoms with E-state index in [0.717, 1.165) is 18.7 Å². The van der Waals surface area contributed by atoms with Crippen molar-refractivity contribution < 1.29 is 9.18 Å². The molecule has 6 heteroatoms. The van der Waals surface area contributed by atoms with Gasteiger partial charge in [0, 0.05) is 6.54 Å². The number of pyridine rings is 1.